The number of benzene rings is 1. The average Bonchev–Trinajstić information content (AvgIpc) is 3.05. The molecule has 1 aliphatic carbocycles. The number of carbonyl (C=O) groups excluding carboxylic acids is 1. The normalized spacial score (nSPS) is 23.0. The summed E-state index contributed by atoms with van der Waals surface area (Å²) in [6.07, 6.45) is 5.56. The van der Waals surface area contributed by atoms with Gasteiger partial charge in [0.25, 0.3) is 0 Å². The zero-order valence-corrected chi connectivity index (χ0v) is 14.6. The first kappa shape index (κ1) is 16.8. The van der Waals surface area contributed by atoms with Crippen LogP contribution in [0.2, 0.25) is 5.02 Å². The van der Waals surface area contributed by atoms with Gasteiger partial charge in [-0.05, 0) is 56.2 Å². The zero-order valence-electron chi connectivity index (χ0n) is 13.8. The van der Waals surface area contributed by atoms with Gasteiger partial charge in [-0.1, -0.05) is 36.6 Å². The average molecular weight is 336 g/mol. The van der Waals surface area contributed by atoms with Crippen LogP contribution in [0.4, 0.5) is 0 Å². The Morgan fingerprint density at radius 3 is 2.52 bits per heavy atom. The van der Waals surface area contributed by atoms with Gasteiger partial charge in [0.1, 0.15) is 0 Å². The van der Waals surface area contributed by atoms with Crippen LogP contribution in [0.3, 0.4) is 0 Å². The maximum Gasteiger partial charge on any atom is 0.233 e. The van der Waals surface area contributed by atoms with Crippen molar-refractivity contribution in [3.8, 4) is 0 Å². The minimum absolute atomic E-state index is 0.265. The smallest absolute Gasteiger partial charge is 0.233 e. The maximum absolute atomic E-state index is 13.3. The molecule has 1 aliphatic heterocycles. The molecule has 0 bridgehead atoms. The highest BCUT2D eigenvalue weighted by Crippen LogP contribution is 2.43. The Balaban J connectivity index is 1.80. The first-order valence-electron chi connectivity index (χ1n) is 8.76. The molecule has 1 atom stereocenters. The number of carbonyl (C=O) groups is 1. The molecule has 23 heavy (non-hydrogen) atoms. The highest BCUT2D eigenvalue weighted by atomic mass is 35.5. The third-order valence-electron chi connectivity index (χ3n) is 5.75. The van der Waals surface area contributed by atoms with Crippen molar-refractivity contribution in [3.05, 3.63) is 34.9 Å². The highest BCUT2D eigenvalue weighted by Gasteiger charge is 2.45. The third-order valence-corrected chi connectivity index (χ3v) is 5.99. The molecule has 1 heterocycles. The van der Waals surface area contributed by atoms with E-state index in [0.29, 0.717) is 10.9 Å². The van der Waals surface area contributed by atoms with Crippen LogP contribution >= 0.6 is 11.6 Å². The first-order chi connectivity index (χ1) is 11.0. The first-order valence-corrected chi connectivity index (χ1v) is 9.14. The van der Waals surface area contributed by atoms with Crippen LogP contribution in [0.5, 0.6) is 0 Å². The van der Waals surface area contributed by atoms with E-state index in [-0.39, 0.29) is 17.4 Å². The molecule has 3 rings (SSSR count). The predicted molar refractivity (Wildman–Crippen MR) is 92.6 cm³/mol. The molecule has 4 heteroatoms. The van der Waals surface area contributed by atoms with Crippen molar-refractivity contribution in [1.82, 2.24) is 4.90 Å². The molecule has 1 aromatic carbocycles. The van der Waals surface area contributed by atoms with E-state index < -0.39 is 0 Å². The quantitative estimate of drug-likeness (QED) is 0.913. The molecule has 1 unspecified atom stereocenters. The summed E-state index contributed by atoms with van der Waals surface area (Å²) in [5, 5.41) is 10.5. The minimum atomic E-state index is -0.386. The number of rotatable bonds is 3. The summed E-state index contributed by atoms with van der Waals surface area (Å²) in [6.45, 7) is 3.38. The van der Waals surface area contributed by atoms with Gasteiger partial charge in [0.15, 0.2) is 0 Å². The van der Waals surface area contributed by atoms with E-state index in [9.17, 15) is 9.90 Å². The van der Waals surface area contributed by atoms with E-state index in [1.165, 1.54) is 0 Å². The number of likely N-dealkylation sites (tertiary alicyclic amines) is 1. The Morgan fingerprint density at radius 1 is 1.30 bits per heavy atom. The number of hydrogen-bond acceptors (Lipinski definition) is 2. The molecule has 126 valence electrons. The largest absolute Gasteiger partial charge is 0.393 e. The van der Waals surface area contributed by atoms with Gasteiger partial charge < -0.3 is 10.0 Å². The van der Waals surface area contributed by atoms with Gasteiger partial charge in [0.2, 0.25) is 5.91 Å². The van der Waals surface area contributed by atoms with E-state index in [0.717, 1.165) is 57.2 Å². The van der Waals surface area contributed by atoms with Crippen molar-refractivity contribution >= 4 is 17.5 Å². The molecular weight excluding hydrogens is 310 g/mol. The van der Waals surface area contributed by atoms with Crippen LogP contribution in [0.15, 0.2) is 24.3 Å². The maximum atomic E-state index is 13.3. The number of aliphatic hydroxyl groups is 1. The van der Waals surface area contributed by atoms with Crippen LogP contribution in [0, 0.1) is 5.92 Å². The number of piperidine rings is 1. The Labute approximate surface area is 143 Å². The van der Waals surface area contributed by atoms with Gasteiger partial charge >= 0.3 is 0 Å². The number of hydrogen-bond donors (Lipinski definition) is 1. The minimum Gasteiger partial charge on any atom is -0.393 e. The standard InChI is InChI=1S/C19H26ClNO2/c1-14(22)15-7-11-21(12-8-15)18(23)19(9-2-3-10-19)16-5-4-6-17(20)13-16/h4-6,13-15,22H,2-3,7-12H2,1H3. The summed E-state index contributed by atoms with van der Waals surface area (Å²) in [5.41, 5.74) is 0.688. The van der Waals surface area contributed by atoms with Gasteiger partial charge in [-0.15, -0.1) is 0 Å². The third kappa shape index (κ3) is 3.27. The van der Waals surface area contributed by atoms with Crippen molar-refractivity contribution < 1.29 is 9.90 Å². The fraction of sp³-hybridized carbons (Fsp3) is 0.632. The van der Waals surface area contributed by atoms with Crippen molar-refractivity contribution in [3.63, 3.8) is 0 Å². The Hall–Kier alpha value is -1.06. The van der Waals surface area contributed by atoms with Gasteiger partial charge in [-0.25, -0.2) is 0 Å². The molecule has 1 aromatic rings. The lowest BCUT2D eigenvalue weighted by Gasteiger charge is -2.39. The molecule has 1 saturated carbocycles. The second-order valence-corrected chi connectivity index (χ2v) is 7.61. The fourth-order valence-corrected chi connectivity index (χ4v) is 4.47. The van der Waals surface area contributed by atoms with E-state index in [2.05, 4.69) is 6.07 Å². The second-order valence-electron chi connectivity index (χ2n) is 7.17. The number of nitrogens with zero attached hydrogens (tertiary/aromatic N) is 1. The summed E-state index contributed by atoms with van der Waals surface area (Å²) in [4.78, 5) is 15.3. The summed E-state index contributed by atoms with van der Waals surface area (Å²) >= 11 is 6.18. The molecule has 1 N–H and O–H groups in total. The van der Waals surface area contributed by atoms with E-state index in [1.54, 1.807) is 0 Å². The molecule has 2 fully saturated rings. The molecule has 2 aliphatic rings. The predicted octanol–water partition coefficient (Wildman–Crippen LogP) is 3.77. The van der Waals surface area contributed by atoms with E-state index in [1.807, 2.05) is 30.0 Å². The molecule has 0 spiro atoms. The molecule has 0 radical (unpaired) electrons. The fourth-order valence-electron chi connectivity index (χ4n) is 4.28. The Kier molecular flexibility index (Phi) is 4.98. The highest BCUT2D eigenvalue weighted by molar-refractivity contribution is 6.30. The molecule has 0 aromatic heterocycles. The number of amides is 1. The lowest BCUT2D eigenvalue weighted by Crippen LogP contribution is -2.49. The summed E-state index contributed by atoms with van der Waals surface area (Å²) in [6, 6.07) is 7.84. The number of halogens is 1. The Bertz CT molecular complexity index is 558. The molecule has 1 saturated heterocycles. The van der Waals surface area contributed by atoms with Crippen LogP contribution in [0.25, 0.3) is 0 Å². The summed E-state index contributed by atoms with van der Waals surface area (Å²) in [5.74, 6) is 0.589. The second kappa shape index (κ2) is 6.82. The Morgan fingerprint density at radius 2 is 1.96 bits per heavy atom. The van der Waals surface area contributed by atoms with Crippen LogP contribution < -0.4 is 0 Å². The van der Waals surface area contributed by atoms with Crippen LogP contribution in [0.1, 0.15) is 51.0 Å². The molecule has 3 nitrogen and oxygen atoms in total. The van der Waals surface area contributed by atoms with Crippen LogP contribution in [-0.2, 0) is 10.2 Å². The SMILES string of the molecule is CC(O)C1CCN(C(=O)C2(c3cccc(Cl)c3)CCCC2)CC1. The summed E-state index contributed by atoms with van der Waals surface area (Å²) in [7, 11) is 0. The van der Waals surface area contributed by atoms with Crippen molar-refractivity contribution in [2.75, 3.05) is 13.1 Å². The van der Waals surface area contributed by atoms with Gasteiger partial charge in [0, 0.05) is 18.1 Å². The zero-order chi connectivity index (χ0) is 16.4. The van der Waals surface area contributed by atoms with Crippen molar-refractivity contribution in [2.24, 2.45) is 5.92 Å². The van der Waals surface area contributed by atoms with Gasteiger partial charge in [0.05, 0.1) is 11.5 Å². The van der Waals surface area contributed by atoms with E-state index >= 15 is 0 Å². The molecular formula is C19H26ClNO2. The molecule has 1 amide bonds. The lowest BCUT2D eigenvalue weighted by molar-refractivity contribution is -0.139. The van der Waals surface area contributed by atoms with Crippen molar-refractivity contribution in [2.45, 2.75) is 57.0 Å². The summed E-state index contributed by atoms with van der Waals surface area (Å²) < 4.78 is 0. The van der Waals surface area contributed by atoms with Gasteiger partial charge in [-0.2, -0.15) is 0 Å². The van der Waals surface area contributed by atoms with E-state index in [4.69, 9.17) is 11.6 Å². The van der Waals surface area contributed by atoms with Gasteiger partial charge in [-0.3, -0.25) is 4.79 Å². The topological polar surface area (TPSA) is 40.5 Å². The van der Waals surface area contributed by atoms with Crippen LogP contribution in [-0.4, -0.2) is 35.1 Å². The lowest BCUT2D eigenvalue weighted by atomic mass is 9.77. The van der Waals surface area contributed by atoms with Crippen molar-refractivity contribution in [1.29, 1.82) is 0 Å². The number of aliphatic hydroxyl groups excluding tert-OH is 1. The monoisotopic (exact) mass is 335 g/mol.